The number of phenolic OH excluding ortho intramolecular Hbond substituents is 1. The first-order valence-electron chi connectivity index (χ1n) is 6.44. The van der Waals surface area contributed by atoms with E-state index in [0.717, 1.165) is 17.7 Å². The third-order valence-electron chi connectivity index (χ3n) is 2.78. The van der Waals surface area contributed by atoms with E-state index < -0.39 is 0 Å². The standard InChI is InChI=1S/C16H22O2S/c1-12(17)19-10-6-5-7-13-11-14(16(2,3)4)8-9-15(13)18/h5,7-9,11,18H,6,10H2,1-4H3. The normalized spacial score (nSPS) is 12.0. The van der Waals surface area contributed by atoms with Gasteiger partial charge in [0, 0.05) is 18.2 Å². The maximum absolute atomic E-state index is 10.8. The highest BCUT2D eigenvalue weighted by molar-refractivity contribution is 8.13. The molecule has 0 aromatic heterocycles. The molecule has 0 heterocycles. The molecule has 3 heteroatoms. The summed E-state index contributed by atoms with van der Waals surface area (Å²) in [4.78, 5) is 10.8. The van der Waals surface area contributed by atoms with Gasteiger partial charge in [-0.25, -0.2) is 0 Å². The molecule has 0 aliphatic rings. The number of thioether (sulfide) groups is 1. The summed E-state index contributed by atoms with van der Waals surface area (Å²) in [5.41, 5.74) is 2.10. The Kier molecular flexibility index (Phi) is 5.67. The smallest absolute Gasteiger partial charge is 0.185 e. The quantitative estimate of drug-likeness (QED) is 0.831. The molecule has 0 bridgehead atoms. The number of rotatable bonds is 4. The third-order valence-corrected chi connectivity index (χ3v) is 3.63. The van der Waals surface area contributed by atoms with Crippen molar-refractivity contribution in [1.82, 2.24) is 0 Å². The summed E-state index contributed by atoms with van der Waals surface area (Å²) >= 11 is 1.33. The van der Waals surface area contributed by atoms with Crippen molar-refractivity contribution < 1.29 is 9.90 Å². The average Bonchev–Trinajstić information content (AvgIpc) is 2.29. The third kappa shape index (κ3) is 5.52. The molecule has 1 N–H and O–H groups in total. The topological polar surface area (TPSA) is 37.3 Å². The Bertz CT molecular complexity index is 470. The van der Waals surface area contributed by atoms with Crippen LogP contribution in [0.25, 0.3) is 6.08 Å². The zero-order chi connectivity index (χ0) is 14.5. The van der Waals surface area contributed by atoms with E-state index in [4.69, 9.17) is 0 Å². The molecule has 0 saturated heterocycles. The zero-order valence-corrected chi connectivity index (χ0v) is 12.9. The molecule has 1 rings (SSSR count). The van der Waals surface area contributed by atoms with Gasteiger partial charge in [-0.3, -0.25) is 4.79 Å². The van der Waals surface area contributed by atoms with Crippen molar-refractivity contribution in [1.29, 1.82) is 0 Å². The van der Waals surface area contributed by atoms with Gasteiger partial charge >= 0.3 is 0 Å². The number of hydrogen-bond donors (Lipinski definition) is 1. The SMILES string of the molecule is CC(=O)SCCC=Cc1cc(C(C)(C)C)ccc1O. The number of carbonyl (C=O) groups excluding carboxylic acids is 1. The fraction of sp³-hybridized carbons (Fsp3) is 0.438. The van der Waals surface area contributed by atoms with Gasteiger partial charge in [0.1, 0.15) is 5.75 Å². The number of benzene rings is 1. The largest absolute Gasteiger partial charge is 0.507 e. The van der Waals surface area contributed by atoms with Gasteiger partial charge in [-0.15, -0.1) is 0 Å². The fourth-order valence-corrected chi connectivity index (χ4v) is 2.18. The van der Waals surface area contributed by atoms with Crippen LogP contribution in [0.3, 0.4) is 0 Å². The second kappa shape index (κ2) is 6.80. The molecule has 1 aromatic carbocycles. The van der Waals surface area contributed by atoms with Crippen LogP contribution in [0.2, 0.25) is 0 Å². The van der Waals surface area contributed by atoms with Crippen molar-refractivity contribution in [2.45, 2.75) is 39.5 Å². The van der Waals surface area contributed by atoms with Crippen LogP contribution in [0.15, 0.2) is 24.3 Å². The van der Waals surface area contributed by atoms with Crippen molar-refractivity contribution >= 4 is 23.0 Å². The van der Waals surface area contributed by atoms with E-state index in [0.29, 0.717) is 5.75 Å². The van der Waals surface area contributed by atoms with Crippen molar-refractivity contribution in [2.24, 2.45) is 0 Å². The van der Waals surface area contributed by atoms with Crippen LogP contribution in [-0.2, 0) is 10.2 Å². The summed E-state index contributed by atoms with van der Waals surface area (Å²) in [7, 11) is 0. The molecule has 0 spiro atoms. The monoisotopic (exact) mass is 278 g/mol. The van der Waals surface area contributed by atoms with Crippen molar-refractivity contribution in [3.05, 3.63) is 35.4 Å². The predicted octanol–water partition coefficient (Wildman–Crippen LogP) is 4.37. The van der Waals surface area contributed by atoms with Crippen LogP contribution < -0.4 is 0 Å². The lowest BCUT2D eigenvalue weighted by atomic mass is 9.86. The van der Waals surface area contributed by atoms with Crippen molar-refractivity contribution in [3.8, 4) is 5.75 Å². The highest BCUT2D eigenvalue weighted by Gasteiger charge is 2.14. The van der Waals surface area contributed by atoms with E-state index in [1.807, 2.05) is 24.3 Å². The average molecular weight is 278 g/mol. The van der Waals surface area contributed by atoms with Crippen molar-refractivity contribution in [2.75, 3.05) is 5.75 Å². The molecule has 0 aliphatic heterocycles. The summed E-state index contributed by atoms with van der Waals surface area (Å²) in [6.07, 6.45) is 4.74. The summed E-state index contributed by atoms with van der Waals surface area (Å²) in [6, 6.07) is 5.72. The highest BCUT2D eigenvalue weighted by atomic mass is 32.2. The molecule has 0 radical (unpaired) electrons. The van der Waals surface area contributed by atoms with Crippen LogP contribution in [0.5, 0.6) is 5.75 Å². The Morgan fingerprint density at radius 1 is 1.37 bits per heavy atom. The molecule has 0 unspecified atom stereocenters. The number of carbonyl (C=O) groups is 1. The molecular formula is C16H22O2S. The minimum atomic E-state index is 0.0702. The fourth-order valence-electron chi connectivity index (χ4n) is 1.64. The van der Waals surface area contributed by atoms with Gasteiger partial charge < -0.3 is 5.11 Å². The lowest BCUT2D eigenvalue weighted by molar-refractivity contribution is -0.109. The van der Waals surface area contributed by atoms with Gasteiger partial charge in [0.25, 0.3) is 0 Å². The van der Waals surface area contributed by atoms with E-state index in [1.165, 1.54) is 17.3 Å². The van der Waals surface area contributed by atoms with E-state index in [1.54, 1.807) is 13.0 Å². The summed E-state index contributed by atoms with van der Waals surface area (Å²) in [6.45, 7) is 8.02. The summed E-state index contributed by atoms with van der Waals surface area (Å²) < 4.78 is 0. The second-order valence-corrected chi connectivity index (χ2v) is 6.83. The molecular weight excluding hydrogens is 256 g/mol. The first kappa shape index (κ1) is 15.8. The van der Waals surface area contributed by atoms with Crippen LogP contribution in [0.1, 0.15) is 45.2 Å². The second-order valence-electron chi connectivity index (χ2n) is 5.55. The highest BCUT2D eigenvalue weighted by Crippen LogP contribution is 2.28. The van der Waals surface area contributed by atoms with Gasteiger partial charge in [0.05, 0.1) is 0 Å². The Labute approximate surface area is 119 Å². The lowest BCUT2D eigenvalue weighted by Gasteiger charge is -2.19. The Morgan fingerprint density at radius 3 is 2.63 bits per heavy atom. The van der Waals surface area contributed by atoms with E-state index >= 15 is 0 Å². The number of phenols is 1. The van der Waals surface area contributed by atoms with Crippen molar-refractivity contribution in [3.63, 3.8) is 0 Å². The molecule has 1 aromatic rings. The molecule has 0 fully saturated rings. The van der Waals surface area contributed by atoms with Gasteiger partial charge in [0.2, 0.25) is 0 Å². The number of allylic oxidation sites excluding steroid dienone is 1. The summed E-state index contributed by atoms with van der Waals surface area (Å²) in [5, 5.41) is 9.98. The molecule has 0 atom stereocenters. The first-order valence-corrected chi connectivity index (χ1v) is 7.42. The Balaban J connectivity index is 2.72. The maximum Gasteiger partial charge on any atom is 0.185 e. The zero-order valence-electron chi connectivity index (χ0n) is 12.1. The first-order chi connectivity index (χ1) is 8.80. The van der Waals surface area contributed by atoms with E-state index in [-0.39, 0.29) is 10.5 Å². The van der Waals surface area contributed by atoms with Crippen LogP contribution >= 0.6 is 11.8 Å². The minimum Gasteiger partial charge on any atom is -0.507 e. The Hall–Kier alpha value is -1.22. The summed E-state index contributed by atoms with van der Waals surface area (Å²) in [5.74, 6) is 1.08. The van der Waals surface area contributed by atoms with Crippen LogP contribution in [-0.4, -0.2) is 16.0 Å². The molecule has 0 saturated carbocycles. The van der Waals surface area contributed by atoms with Crippen LogP contribution in [0, 0.1) is 0 Å². The molecule has 19 heavy (non-hydrogen) atoms. The maximum atomic E-state index is 10.8. The lowest BCUT2D eigenvalue weighted by Crippen LogP contribution is -2.10. The van der Waals surface area contributed by atoms with Crippen LogP contribution in [0.4, 0.5) is 0 Å². The molecule has 0 aliphatic carbocycles. The number of aromatic hydroxyl groups is 1. The minimum absolute atomic E-state index is 0.0702. The Morgan fingerprint density at radius 2 is 2.05 bits per heavy atom. The van der Waals surface area contributed by atoms with E-state index in [2.05, 4.69) is 20.8 Å². The van der Waals surface area contributed by atoms with Gasteiger partial charge in [-0.05, 0) is 29.5 Å². The molecule has 104 valence electrons. The van der Waals surface area contributed by atoms with Gasteiger partial charge in [-0.1, -0.05) is 50.8 Å². The predicted molar refractivity (Wildman–Crippen MR) is 83.6 cm³/mol. The molecule has 2 nitrogen and oxygen atoms in total. The number of hydrogen-bond acceptors (Lipinski definition) is 3. The van der Waals surface area contributed by atoms with Gasteiger partial charge in [-0.2, -0.15) is 0 Å². The van der Waals surface area contributed by atoms with Gasteiger partial charge in [0.15, 0.2) is 5.12 Å². The molecule has 0 amide bonds. The van der Waals surface area contributed by atoms with E-state index in [9.17, 15) is 9.90 Å².